The summed E-state index contributed by atoms with van der Waals surface area (Å²) in [6.07, 6.45) is 1.70. The van der Waals surface area contributed by atoms with Crippen LogP contribution in [0.3, 0.4) is 0 Å². The molecule has 2 N–H and O–H groups in total. The van der Waals surface area contributed by atoms with Crippen LogP contribution in [0.2, 0.25) is 0 Å². The fraction of sp³-hybridized carbons (Fsp3) is 0.0800. The summed E-state index contributed by atoms with van der Waals surface area (Å²) in [6.45, 7) is 0.202. The summed E-state index contributed by atoms with van der Waals surface area (Å²) in [6, 6.07) is 21.6. The number of hydrogen-bond acceptors (Lipinski definition) is 5. The zero-order chi connectivity index (χ0) is 22.5. The van der Waals surface area contributed by atoms with Crippen molar-refractivity contribution in [3.8, 4) is 17.6 Å². The molecule has 4 aromatic rings. The number of hydrogen-bond donors (Lipinski definition) is 2. The molecular formula is C25H19N3O4. The highest BCUT2D eigenvalue weighted by Gasteiger charge is 2.13. The fourth-order valence-corrected chi connectivity index (χ4v) is 3.25. The van der Waals surface area contributed by atoms with Gasteiger partial charge in [-0.05, 0) is 42.0 Å². The van der Waals surface area contributed by atoms with Crippen molar-refractivity contribution < 1.29 is 19.4 Å². The van der Waals surface area contributed by atoms with E-state index in [2.05, 4.69) is 16.0 Å². The Balaban J connectivity index is 1.66. The van der Waals surface area contributed by atoms with Crippen LogP contribution in [0.1, 0.15) is 27.3 Å². The minimum atomic E-state index is -0.982. The van der Waals surface area contributed by atoms with Crippen molar-refractivity contribution in [1.29, 1.82) is 5.26 Å². The number of ether oxygens (including phenoxy) is 2. The molecule has 1 aromatic heterocycles. The Bertz CT molecular complexity index is 1310. The van der Waals surface area contributed by atoms with Gasteiger partial charge in [-0.3, -0.25) is 0 Å². The smallest absolute Gasteiger partial charge is 0.335 e. The number of methoxy groups -OCH3 is 1. The number of carboxylic acids is 1. The molecule has 0 atom stereocenters. The summed E-state index contributed by atoms with van der Waals surface area (Å²) in [5.41, 5.74) is 3.63. The number of benzene rings is 3. The van der Waals surface area contributed by atoms with Gasteiger partial charge >= 0.3 is 5.97 Å². The summed E-state index contributed by atoms with van der Waals surface area (Å²) in [5.74, 6) is 0.472. The van der Waals surface area contributed by atoms with Crippen LogP contribution in [-0.2, 0) is 6.61 Å². The SMILES string of the molecule is COc1cccc(/C=C(/C#N)c2nc3ccccc3[nH]2)c1OCc1ccc(C(=O)O)cc1. The van der Waals surface area contributed by atoms with Crippen molar-refractivity contribution in [3.63, 3.8) is 0 Å². The number of nitrogens with zero attached hydrogens (tertiary/aromatic N) is 2. The van der Waals surface area contributed by atoms with Crippen molar-refractivity contribution in [3.05, 3.63) is 89.2 Å². The topological polar surface area (TPSA) is 108 Å². The van der Waals surface area contributed by atoms with Crippen LogP contribution in [0.5, 0.6) is 11.5 Å². The van der Waals surface area contributed by atoms with Gasteiger partial charge in [0.25, 0.3) is 0 Å². The number of para-hydroxylation sites is 3. The highest BCUT2D eigenvalue weighted by atomic mass is 16.5. The predicted octanol–water partition coefficient (Wildman–Crippen LogP) is 4.91. The molecule has 3 aromatic carbocycles. The lowest BCUT2D eigenvalue weighted by molar-refractivity contribution is 0.0697. The number of allylic oxidation sites excluding steroid dienone is 1. The van der Waals surface area contributed by atoms with Crippen LogP contribution >= 0.6 is 0 Å². The number of aromatic nitrogens is 2. The first kappa shape index (κ1) is 20.7. The van der Waals surface area contributed by atoms with E-state index in [0.29, 0.717) is 28.5 Å². The zero-order valence-corrected chi connectivity index (χ0v) is 17.2. The molecule has 0 aliphatic heterocycles. The predicted molar refractivity (Wildman–Crippen MR) is 120 cm³/mol. The summed E-state index contributed by atoms with van der Waals surface area (Å²) in [7, 11) is 1.54. The molecule has 0 saturated heterocycles. The molecule has 0 radical (unpaired) electrons. The van der Waals surface area contributed by atoms with Crippen LogP contribution in [0.25, 0.3) is 22.7 Å². The van der Waals surface area contributed by atoms with Gasteiger partial charge in [0.05, 0.1) is 29.3 Å². The molecule has 32 heavy (non-hydrogen) atoms. The molecule has 1 heterocycles. The third kappa shape index (κ3) is 4.30. The molecule has 158 valence electrons. The van der Waals surface area contributed by atoms with E-state index >= 15 is 0 Å². The maximum absolute atomic E-state index is 11.0. The van der Waals surface area contributed by atoms with Crippen molar-refractivity contribution in [2.24, 2.45) is 0 Å². The molecule has 0 saturated carbocycles. The van der Waals surface area contributed by atoms with Gasteiger partial charge in [0.15, 0.2) is 11.5 Å². The van der Waals surface area contributed by atoms with Gasteiger partial charge in [-0.25, -0.2) is 9.78 Å². The molecule has 4 rings (SSSR count). The van der Waals surface area contributed by atoms with E-state index in [9.17, 15) is 10.1 Å². The Labute approximate surface area is 184 Å². The van der Waals surface area contributed by atoms with Gasteiger partial charge in [-0.1, -0.05) is 36.4 Å². The molecular weight excluding hydrogens is 406 g/mol. The van der Waals surface area contributed by atoms with Gasteiger partial charge < -0.3 is 19.6 Å². The number of nitriles is 1. The van der Waals surface area contributed by atoms with Crippen LogP contribution in [0.15, 0.2) is 66.7 Å². The van der Waals surface area contributed by atoms with Crippen molar-refractivity contribution in [2.45, 2.75) is 6.61 Å². The maximum atomic E-state index is 11.0. The fourth-order valence-electron chi connectivity index (χ4n) is 3.25. The number of H-pyrrole nitrogens is 1. The number of fused-ring (bicyclic) bond motifs is 1. The summed E-state index contributed by atoms with van der Waals surface area (Å²) >= 11 is 0. The average molecular weight is 425 g/mol. The average Bonchev–Trinajstić information content (AvgIpc) is 3.25. The van der Waals surface area contributed by atoms with Crippen LogP contribution < -0.4 is 9.47 Å². The normalized spacial score (nSPS) is 11.2. The lowest BCUT2D eigenvalue weighted by atomic mass is 10.1. The van der Waals surface area contributed by atoms with Crippen LogP contribution in [0.4, 0.5) is 0 Å². The number of aromatic amines is 1. The van der Waals surface area contributed by atoms with E-state index < -0.39 is 5.97 Å². The first-order valence-electron chi connectivity index (χ1n) is 9.78. The molecule has 0 spiro atoms. The summed E-state index contributed by atoms with van der Waals surface area (Å²) in [5, 5.41) is 18.8. The Morgan fingerprint density at radius 2 is 1.91 bits per heavy atom. The molecule has 0 unspecified atom stereocenters. The third-order valence-electron chi connectivity index (χ3n) is 4.88. The standard InChI is InChI=1S/C25H19N3O4/c1-31-22-8-4-5-18(23(22)32-15-16-9-11-17(12-10-16)25(29)30)13-19(14-26)24-27-20-6-2-3-7-21(20)28-24/h2-13H,15H2,1H3,(H,27,28)(H,29,30)/b19-13-. The van der Waals surface area contributed by atoms with E-state index in [0.717, 1.165) is 16.6 Å². The minimum Gasteiger partial charge on any atom is -0.493 e. The second kappa shape index (κ2) is 9.06. The quantitative estimate of drug-likeness (QED) is 0.407. The van der Waals surface area contributed by atoms with Gasteiger partial charge in [0, 0.05) is 5.56 Å². The van der Waals surface area contributed by atoms with Crippen molar-refractivity contribution >= 4 is 28.7 Å². The number of carbonyl (C=O) groups is 1. The maximum Gasteiger partial charge on any atom is 0.335 e. The van der Waals surface area contributed by atoms with Crippen molar-refractivity contribution in [1.82, 2.24) is 9.97 Å². The minimum absolute atomic E-state index is 0.202. The Morgan fingerprint density at radius 1 is 1.12 bits per heavy atom. The first-order valence-corrected chi connectivity index (χ1v) is 9.78. The van der Waals surface area contributed by atoms with Gasteiger partial charge in [-0.15, -0.1) is 0 Å². The Kier molecular flexibility index (Phi) is 5.86. The molecule has 7 heteroatoms. The highest BCUT2D eigenvalue weighted by molar-refractivity contribution is 5.91. The monoisotopic (exact) mass is 425 g/mol. The van der Waals surface area contributed by atoms with E-state index in [-0.39, 0.29) is 12.2 Å². The first-order chi connectivity index (χ1) is 15.6. The number of imidazole rings is 1. The van der Waals surface area contributed by atoms with E-state index in [1.165, 1.54) is 12.1 Å². The summed E-state index contributed by atoms with van der Waals surface area (Å²) < 4.78 is 11.5. The summed E-state index contributed by atoms with van der Waals surface area (Å²) in [4.78, 5) is 18.7. The molecule has 0 aliphatic rings. The second-order valence-corrected chi connectivity index (χ2v) is 6.94. The van der Waals surface area contributed by atoms with E-state index in [1.54, 1.807) is 31.4 Å². The van der Waals surface area contributed by atoms with Crippen molar-refractivity contribution in [2.75, 3.05) is 7.11 Å². The largest absolute Gasteiger partial charge is 0.493 e. The highest BCUT2D eigenvalue weighted by Crippen LogP contribution is 2.34. The van der Waals surface area contributed by atoms with Gasteiger partial charge in [0.1, 0.15) is 18.5 Å². The van der Waals surface area contributed by atoms with Gasteiger partial charge in [-0.2, -0.15) is 5.26 Å². The van der Waals surface area contributed by atoms with Crippen LogP contribution in [-0.4, -0.2) is 28.2 Å². The van der Waals surface area contributed by atoms with E-state index in [4.69, 9.17) is 14.6 Å². The lowest BCUT2D eigenvalue weighted by Crippen LogP contribution is -2.01. The number of aromatic carboxylic acids is 1. The lowest BCUT2D eigenvalue weighted by Gasteiger charge is -2.14. The van der Waals surface area contributed by atoms with Gasteiger partial charge in [0.2, 0.25) is 0 Å². The van der Waals surface area contributed by atoms with Crippen LogP contribution in [0, 0.1) is 11.3 Å². The number of rotatable bonds is 7. The molecule has 0 fully saturated rings. The Hall–Kier alpha value is -4.57. The molecule has 0 aliphatic carbocycles. The zero-order valence-electron chi connectivity index (χ0n) is 17.2. The molecule has 7 nitrogen and oxygen atoms in total. The third-order valence-corrected chi connectivity index (χ3v) is 4.88. The Morgan fingerprint density at radius 3 is 2.59 bits per heavy atom. The second-order valence-electron chi connectivity index (χ2n) is 6.94. The van der Waals surface area contributed by atoms with E-state index in [1.807, 2.05) is 36.4 Å². The number of nitrogens with one attached hydrogen (secondary N) is 1. The molecule has 0 bridgehead atoms. The molecule has 0 amide bonds. The number of carboxylic acid groups (broad SMARTS) is 1.